The Morgan fingerprint density at radius 2 is 1.95 bits per heavy atom. The lowest BCUT2D eigenvalue weighted by atomic mass is 10.0. The summed E-state index contributed by atoms with van der Waals surface area (Å²) in [5, 5.41) is 3.20. The number of anilines is 1. The second kappa shape index (κ2) is 4.90. The Morgan fingerprint density at radius 3 is 2.65 bits per heavy atom. The molecule has 2 aromatic rings. The summed E-state index contributed by atoms with van der Waals surface area (Å²) in [5.74, 6) is -0.308. The van der Waals surface area contributed by atoms with E-state index in [0.717, 1.165) is 22.5 Å². The van der Waals surface area contributed by atoms with Crippen LogP contribution in [0.3, 0.4) is 0 Å². The first-order valence-corrected chi connectivity index (χ1v) is 7.06. The lowest BCUT2D eigenvalue weighted by Gasteiger charge is -2.15. The standard InChI is InChI=1S/C15H13BrN2O2/c1-8-9(2)17-13(16)12-11(8)15(19)20-14(12)18-10-6-4-3-5-7-10/h3-7,14,18H,1-2H3. The Labute approximate surface area is 125 Å². The number of rotatable bonds is 2. The summed E-state index contributed by atoms with van der Waals surface area (Å²) in [5.41, 5.74) is 3.96. The maximum absolute atomic E-state index is 12.1. The molecule has 0 aliphatic carbocycles. The molecule has 0 radical (unpaired) electrons. The summed E-state index contributed by atoms with van der Waals surface area (Å²) in [6, 6.07) is 9.63. The van der Waals surface area contributed by atoms with Gasteiger partial charge in [-0.15, -0.1) is 0 Å². The Bertz CT molecular complexity index is 686. The van der Waals surface area contributed by atoms with Crippen LogP contribution in [0.4, 0.5) is 5.69 Å². The van der Waals surface area contributed by atoms with Crippen molar-refractivity contribution in [2.45, 2.75) is 20.1 Å². The molecule has 4 nitrogen and oxygen atoms in total. The van der Waals surface area contributed by atoms with Gasteiger partial charge in [-0.2, -0.15) is 0 Å². The monoisotopic (exact) mass is 332 g/mol. The first kappa shape index (κ1) is 13.1. The van der Waals surface area contributed by atoms with Gasteiger partial charge in [-0.3, -0.25) is 0 Å². The van der Waals surface area contributed by atoms with Gasteiger partial charge in [0.15, 0.2) is 0 Å². The highest BCUT2D eigenvalue weighted by Gasteiger charge is 2.36. The lowest BCUT2D eigenvalue weighted by Crippen LogP contribution is -2.11. The van der Waals surface area contributed by atoms with Crippen molar-refractivity contribution in [2.24, 2.45) is 0 Å². The van der Waals surface area contributed by atoms with Crippen molar-refractivity contribution < 1.29 is 9.53 Å². The largest absolute Gasteiger partial charge is 0.434 e. The number of ether oxygens (including phenoxy) is 1. The number of pyridine rings is 1. The number of fused-ring (bicyclic) bond motifs is 1. The van der Waals surface area contributed by atoms with Crippen LogP contribution in [0, 0.1) is 13.8 Å². The summed E-state index contributed by atoms with van der Waals surface area (Å²) in [6.07, 6.45) is -0.513. The molecule has 0 bridgehead atoms. The van der Waals surface area contributed by atoms with E-state index in [1.807, 2.05) is 44.2 Å². The summed E-state index contributed by atoms with van der Waals surface area (Å²) < 4.78 is 6.08. The smallest absolute Gasteiger partial charge is 0.341 e. The van der Waals surface area contributed by atoms with Crippen molar-refractivity contribution in [1.29, 1.82) is 0 Å². The molecule has 1 aliphatic rings. The van der Waals surface area contributed by atoms with E-state index in [0.29, 0.717) is 10.2 Å². The van der Waals surface area contributed by atoms with E-state index in [1.54, 1.807) is 0 Å². The molecular formula is C15H13BrN2O2. The number of hydrogen-bond acceptors (Lipinski definition) is 4. The number of hydrogen-bond donors (Lipinski definition) is 1. The maximum atomic E-state index is 12.1. The van der Waals surface area contributed by atoms with E-state index in [9.17, 15) is 4.79 Å². The second-order valence-electron chi connectivity index (χ2n) is 4.70. The number of carbonyl (C=O) groups is 1. The van der Waals surface area contributed by atoms with Gasteiger partial charge in [-0.25, -0.2) is 9.78 Å². The Balaban J connectivity index is 2.04. The zero-order valence-electron chi connectivity index (χ0n) is 11.1. The van der Waals surface area contributed by atoms with Crippen molar-refractivity contribution in [3.63, 3.8) is 0 Å². The number of halogens is 1. The summed E-state index contributed by atoms with van der Waals surface area (Å²) in [7, 11) is 0. The van der Waals surface area contributed by atoms with Crippen LogP contribution in [0.15, 0.2) is 34.9 Å². The number of nitrogens with one attached hydrogen (secondary N) is 1. The van der Waals surface area contributed by atoms with Crippen LogP contribution in [0.5, 0.6) is 0 Å². The first-order valence-electron chi connectivity index (χ1n) is 6.27. The van der Waals surface area contributed by atoms with Gasteiger partial charge < -0.3 is 10.1 Å². The third-order valence-electron chi connectivity index (χ3n) is 3.44. The van der Waals surface area contributed by atoms with Gasteiger partial charge in [0.25, 0.3) is 0 Å². The van der Waals surface area contributed by atoms with E-state index in [-0.39, 0.29) is 5.97 Å². The number of aromatic nitrogens is 1. The minimum Gasteiger partial charge on any atom is -0.434 e. The molecule has 1 aromatic carbocycles. The van der Waals surface area contributed by atoms with Crippen molar-refractivity contribution in [3.05, 3.63) is 57.3 Å². The molecule has 1 N–H and O–H groups in total. The minimum atomic E-state index is -0.513. The van der Waals surface area contributed by atoms with Crippen LogP contribution in [-0.4, -0.2) is 11.0 Å². The molecule has 0 fully saturated rings. The molecule has 0 spiro atoms. The van der Waals surface area contributed by atoms with Crippen LogP contribution in [0.25, 0.3) is 0 Å². The van der Waals surface area contributed by atoms with Crippen molar-refractivity contribution in [3.8, 4) is 0 Å². The number of aryl methyl sites for hydroxylation is 1. The molecule has 0 saturated heterocycles. The molecule has 102 valence electrons. The van der Waals surface area contributed by atoms with Gasteiger partial charge >= 0.3 is 5.97 Å². The second-order valence-corrected chi connectivity index (χ2v) is 5.45. The summed E-state index contributed by atoms with van der Waals surface area (Å²) in [6.45, 7) is 3.77. The molecule has 5 heteroatoms. The molecular weight excluding hydrogens is 320 g/mol. The maximum Gasteiger partial charge on any atom is 0.341 e. The van der Waals surface area contributed by atoms with Gasteiger partial charge in [-0.05, 0) is 47.5 Å². The van der Waals surface area contributed by atoms with Crippen LogP contribution >= 0.6 is 15.9 Å². The number of benzene rings is 1. The fourth-order valence-corrected chi connectivity index (χ4v) is 2.96. The topological polar surface area (TPSA) is 51.2 Å². The van der Waals surface area contributed by atoms with Crippen LogP contribution in [0.2, 0.25) is 0 Å². The fraction of sp³-hybridized carbons (Fsp3) is 0.200. The first-order chi connectivity index (χ1) is 9.58. The van der Waals surface area contributed by atoms with Gasteiger partial charge in [0.05, 0.1) is 11.1 Å². The Morgan fingerprint density at radius 1 is 1.25 bits per heavy atom. The van der Waals surface area contributed by atoms with Crippen molar-refractivity contribution in [2.75, 3.05) is 5.32 Å². The summed E-state index contributed by atoms with van der Waals surface area (Å²) in [4.78, 5) is 16.5. The predicted molar refractivity (Wildman–Crippen MR) is 79.6 cm³/mol. The average Bonchev–Trinajstić information content (AvgIpc) is 2.74. The van der Waals surface area contributed by atoms with Crippen molar-refractivity contribution >= 4 is 27.6 Å². The highest BCUT2D eigenvalue weighted by Crippen LogP contribution is 2.38. The van der Waals surface area contributed by atoms with Gasteiger partial charge in [0.2, 0.25) is 6.23 Å². The SMILES string of the molecule is Cc1nc(Br)c2c(c1C)C(=O)OC2Nc1ccccc1. The molecule has 2 heterocycles. The van der Waals surface area contributed by atoms with Gasteiger partial charge in [0.1, 0.15) is 4.60 Å². The zero-order chi connectivity index (χ0) is 14.3. The molecule has 0 amide bonds. The highest BCUT2D eigenvalue weighted by molar-refractivity contribution is 9.10. The molecule has 1 aliphatic heterocycles. The van der Waals surface area contributed by atoms with Crippen molar-refractivity contribution in [1.82, 2.24) is 4.98 Å². The number of carbonyl (C=O) groups excluding carboxylic acids is 1. The number of esters is 1. The van der Waals surface area contributed by atoms with Crippen LogP contribution < -0.4 is 5.32 Å². The number of para-hydroxylation sites is 1. The van der Waals surface area contributed by atoms with E-state index in [1.165, 1.54) is 0 Å². The minimum absolute atomic E-state index is 0.308. The normalized spacial score (nSPS) is 16.8. The molecule has 20 heavy (non-hydrogen) atoms. The van der Waals surface area contributed by atoms with E-state index in [2.05, 4.69) is 26.2 Å². The molecule has 3 rings (SSSR count). The highest BCUT2D eigenvalue weighted by atomic mass is 79.9. The lowest BCUT2D eigenvalue weighted by molar-refractivity contribution is 0.0436. The van der Waals surface area contributed by atoms with Gasteiger partial charge in [0, 0.05) is 11.4 Å². The molecule has 0 saturated carbocycles. The van der Waals surface area contributed by atoms with Crippen LogP contribution in [0.1, 0.15) is 33.4 Å². The molecule has 1 atom stereocenters. The molecule has 1 aromatic heterocycles. The van der Waals surface area contributed by atoms with E-state index in [4.69, 9.17) is 4.74 Å². The number of nitrogens with zero attached hydrogens (tertiary/aromatic N) is 1. The molecule has 1 unspecified atom stereocenters. The fourth-order valence-electron chi connectivity index (χ4n) is 2.29. The zero-order valence-corrected chi connectivity index (χ0v) is 12.7. The average molecular weight is 333 g/mol. The van der Waals surface area contributed by atoms with E-state index >= 15 is 0 Å². The Hall–Kier alpha value is -1.88. The summed E-state index contributed by atoms with van der Waals surface area (Å²) >= 11 is 3.43. The number of cyclic esters (lactones) is 1. The third-order valence-corrected chi connectivity index (χ3v) is 4.04. The predicted octanol–water partition coefficient (Wildman–Crippen LogP) is 3.74. The third kappa shape index (κ3) is 2.08. The van der Waals surface area contributed by atoms with E-state index < -0.39 is 6.23 Å². The Kier molecular flexibility index (Phi) is 3.22. The quantitative estimate of drug-likeness (QED) is 0.672. The van der Waals surface area contributed by atoms with Crippen LogP contribution in [-0.2, 0) is 4.74 Å². The van der Waals surface area contributed by atoms with Gasteiger partial charge in [-0.1, -0.05) is 18.2 Å².